The lowest BCUT2D eigenvalue weighted by Crippen LogP contribution is -2.41. The third-order valence-electron chi connectivity index (χ3n) is 3.73. The molecule has 0 bridgehead atoms. The second-order valence-corrected chi connectivity index (χ2v) is 5.30. The first-order valence-electron chi connectivity index (χ1n) is 7.29. The number of likely N-dealkylation sites (tertiary alicyclic amines) is 1. The summed E-state index contributed by atoms with van der Waals surface area (Å²) in [4.78, 5) is 25.4. The molecule has 1 aliphatic heterocycles. The number of piperidine rings is 1. The summed E-state index contributed by atoms with van der Waals surface area (Å²) in [5.74, 6) is 0.640. The Morgan fingerprint density at radius 3 is 2.75 bits per heavy atom. The smallest absolute Gasteiger partial charge is 0.257 e. The quantitative estimate of drug-likeness (QED) is 0.896. The first-order chi connectivity index (χ1) is 9.70. The number of rotatable bonds is 5. The second-order valence-electron chi connectivity index (χ2n) is 5.30. The maximum absolute atomic E-state index is 12.1. The molecule has 0 aromatic carbocycles. The zero-order valence-corrected chi connectivity index (χ0v) is 11.9. The molecule has 2 rings (SSSR count). The number of nitrogens with zero attached hydrogens (tertiary/aromatic N) is 1. The molecule has 1 N–H and O–H groups in total. The molecular formula is C15H22N2O3. The molecule has 2 amide bonds. The Hall–Kier alpha value is -1.78. The minimum atomic E-state index is 0.0345. The SMILES string of the molecule is CCCC(=O)NCC1CCN(C(=O)c2ccoc2)CC1. The third kappa shape index (κ3) is 3.85. The highest BCUT2D eigenvalue weighted by molar-refractivity contribution is 5.93. The van der Waals surface area contributed by atoms with Crippen molar-refractivity contribution in [2.75, 3.05) is 19.6 Å². The maximum Gasteiger partial charge on any atom is 0.257 e. The van der Waals surface area contributed by atoms with E-state index >= 15 is 0 Å². The summed E-state index contributed by atoms with van der Waals surface area (Å²) in [6, 6.07) is 1.69. The van der Waals surface area contributed by atoms with Crippen molar-refractivity contribution in [3.8, 4) is 0 Å². The van der Waals surface area contributed by atoms with Gasteiger partial charge in [0.2, 0.25) is 5.91 Å². The Morgan fingerprint density at radius 2 is 2.15 bits per heavy atom. The van der Waals surface area contributed by atoms with Gasteiger partial charge in [-0.05, 0) is 31.2 Å². The molecule has 0 aliphatic carbocycles. The van der Waals surface area contributed by atoms with Gasteiger partial charge in [-0.2, -0.15) is 0 Å². The van der Waals surface area contributed by atoms with E-state index in [-0.39, 0.29) is 11.8 Å². The van der Waals surface area contributed by atoms with Crippen LogP contribution in [-0.2, 0) is 4.79 Å². The normalized spacial score (nSPS) is 16.1. The van der Waals surface area contributed by atoms with E-state index in [2.05, 4.69) is 5.32 Å². The Kier molecular flexibility index (Phi) is 5.21. The zero-order valence-electron chi connectivity index (χ0n) is 11.9. The fourth-order valence-electron chi connectivity index (χ4n) is 2.48. The summed E-state index contributed by atoms with van der Waals surface area (Å²) in [5, 5.41) is 2.97. The fraction of sp³-hybridized carbons (Fsp3) is 0.600. The van der Waals surface area contributed by atoms with Crippen LogP contribution in [0.3, 0.4) is 0 Å². The van der Waals surface area contributed by atoms with Gasteiger partial charge in [0.15, 0.2) is 0 Å². The molecular weight excluding hydrogens is 256 g/mol. The minimum absolute atomic E-state index is 0.0345. The largest absolute Gasteiger partial charge is 0.472 e. The van der Waals surface area contributed by atoms with Crippen LogP contribution in [0.15, 0.2) is 23.0 Å². The molecule has 1 saturated heterocycles. The summed E-state index contributed by atoms with van der Waals surface area (Å²) < 4.78 is 4.94. The van der Waals surface area contributed by atoms with Crippen LogP contribution in [0.25, 0.3) is 0 Å². The first-order valence-corrected chi connectivity index (χ1v) is 7.29. The monoisotopic (exact) mass is 278 g/mol. The summed E-state index contributed by atoms with van der Waals surface area (Å²) in [7, 11) is 0. The molecule has 0 spiro atoms. The number of carbonyl (C=O) groups excluding carboxylic acids is 2. The van der Waals surface area contributed by atoms with Gasteiger partial charge >= 0.3 is 0 Å². The molecule has 1 aromatic heterocycles. The third-order valence-corrected chi connectivity index (χ3v) is 3.73. The molecule has 1 aromatic rings. The van der Waals surface area contributed by atoms with Gasteiger partial charge in [0, 0.05) is 26.1 Å². The van der Waals surface area contributed by atoms with Crippen LogP contribution in [0, 0.1) is 5.92 Å². The van der Waals surface area contributed by atoms with E-state index < -0.39 is 0 Å². The molecule has 2 heterocycles. The second kappa shape index (κ2) is 7.12. The van der Waals surface area contributed by atoms with E-state index in [9.17, 15) is 9.59 Å². The number of hydrogen-bond donors (Lipinski definition) is 1. The summed E-state index contributed by atoms with van der Waals surface area (Å²) >= 11 is 0. The van der Waals surface area contributed by atoms with Crippen LogP contribution in [0.1, 0.15) is 43.0 Å². The van der Waals surface area contributed by atoms with Crippen molar-refractivity contribution in [2.45, 2.75) is 32.6 Å². The molecule has 1 aliphatic rings. The van der Waals surface area contributed by atoms with Crippen molar-refractivity contribution in [1.82, 2.24) is 10.2 Å². The van der Waals surface area contributed by atoms with Crippen molar-refractivity contribution >= 4 is 11.8 Å². The maximum atomic E-state index is 12.1. The molecule has 0 saturated carbocycles. The van der Waals surface area contributed by atoms with Crippen molar-refractivity contribution < 1.29 is 14.0 Å². The number of amides is 2. The van der Waals surface area contributed by atoms with Crippen molar-refractivity contribution in [3.63, 3.8) is 0 Å². The average Bonchev–Trinajstić information content (AvgIpc) is 2.99. The van der Waals surface area contributed by atoms with Crippen molar-refractivity contribution in [2.24, 2.45) is 5.92 Å². The average molecular weight is 278 g/mol. The highest BCUT2D eigenvalue weighted by Gasteiger charge is 2.24. The van der Waals surface area contributed by atoms with Crippen molar-refractivity contribution in [3.05, 3.63) is 24.2 Å². The zero-order chi connectivity index (χ0) is 14.4. The standard InChI is InChI=1S/C15H22N2O3/c1-2-3-14(18)16-10-12-4-7-17(8-5-12)15(19)13-6-9-20-11-13/h6,9,11-12H,2-5,7-8,10H2,1H3,(H,16,18). The lowest BCUT2D eigenvalue weighted by Gasteiger charge is -2.31. The Labute approximate surface area is 119 Å². The molecule has 1 fully saturated rings. The fourth-order valence-corrected chi connectivity index (χ4v) is 2.48. The number of hydrogen-bond acceptors (Lipinski definition) is 3. The number of furan rings is 1. The van der Waals surface area contributed by atoms with E-state index in [1.54, 1.807) is 6.07 Å². The lowest BCUT2D eigenvalue weighted by molar-refractivity contribution is -0.121. The molecule has 0 unspecified atom stereocenters. The van der Waals surface area contributed by atoms with Crippen LogP contribution in [0.2, 0.25) is 0 Å². The lowest BCUT2D eigenvalue weighted by atomic mass is 9.96. The summed E-state index contributed by atoms with van der Waals surface area (Å²) in [5.41, 5.74) is 0.611. The number of nitrogens with one attached hydrogen (secondary N) is 1. The highest BCUT2D eigenvalue weighted by Crippen LogP contribution is 2.18. The van der Waals surface area contributed by atoms with Gasteiger partial charge in [-0.25, -0.2) is 0 Å². The first kappa shape index (κ1) is 14.6. The summed E-state index contributed by atoms with van der Waals surface area (Å²) in [6.07, 6.45) is 6.36. The molecule has 5 heteroatoms. The Morgan fingerprint density at radius 1 is 1.40 bits per heavy atom. The van der Waals surface area contributed by atoms with E-state index in [0.717, 1.165) is 38.9 Å². The van der Waals surface area contributed by atoms with Crippen LogP contribution in [0.4, 0.5) is 0 Å². The molecule has 0 radical (unpaired) electrons. The predicted molar refractivity (Wildman–Crippen MR) is 75.3 cm³/mol. The molecule has 20 heavy (non-hydrogen) atoms. The van der Waals surface area contributed by atoms with Crippen molar-refractivity contribution in [1.29, 1.82) is 0 Å². The van der Waals surface area contributed by atoms with Crippen LogP contribution in [0.5, 0.6) is 0 Å². The van der Waals surface area contributed by atoms with Gasteiger partial charge < -0.3 is 14.6 Å². The van der Waals surface area contributed by atoms with Gasteiger partial charge in [0.1, 0.15) is 6.26 Å². The summed E-state index contributed by atoms with van der Waals surface area (Å²) in [6.45, 7) is 4.22. The van der Waals surface area contributed by atoms with Gasteiger partial charge in [-0.3, -0.25) is 9.59 Å². The van der Waals surface area contributed by atoms with Gasteiger partial charge in [-0.1, -0.05) is 6.92 Å². The minimum Gasteiger partial charge on any atom is -0.472 e. The molecule has 5 nitrogen and oxygen atoms in total. The Bertz CT molecular complexity index is 434. The van der Waals surface area contributed by atoms with Crippen LogP contribution < -0.4 is 5.32 Å². The topological polar surface area (TPSA) is 62.6 Å². The van der Waals surface area contributed by atoms with E-state index in [1.165, 1.54) is 12.5 Å². The van der Waals surface area contributed by atoms with E-state index in [0.29, 0.717) is 17.9 Å². The molecule has 110 valence electrons. The molecule has 0 atom stereocenters. The van der Waals surface area contributed by atoms with Crippen LogP contribution >= 0.6 is 0 Å². The van der Waals surface area contributed by atoms with E-state index in [4.69, 9.17) is 4.42 Å². The van der Waals surface area contributed by atoms with E-state index in [1.807, 2.05) is 11.8 Å². The van der Waals surface area contributed by atoms with Gasteiger partial charge in [-0.15, -0.1) is 0 Å². The van der Waals surface area contributed by atoms with Gasteiger partial charge in [0.25, 0.3) is 5.91 Å². The Balaban J connectivity index is 1.72. The van der Waals surface area contributed by atoms with Crippen LogP contribution in [-0.4, -0.2) is 36.3 Å². The van der Waals surface area contributed by atoms with Gasteiger partial charge in [0.05, 0.1) is 11.8 Å². The number of carbonyl (C=O) groups is 2. The predicted octanol–water partition coefficient (Wildman–Crippen LogP) is 2.05. The highest BCUT2D eigenvalue weighted by atomic mass is 16.3.